The van der Waals surface area contributed by atoms with Gasteiger partial charge in [-0.05, 0) is 151 Å². The zero-order chi connectivity index (χ0) is 40.8. The van der Waals surface area contributed by atoms with E-state index in [0.717, 1.165) is 89.0 Å². The summed E-state index contributed by atoms with van der Waals surface area (Å²) >= 11 is 4.45. The Bertz CT molecular complexity index is 2480. The van der Waals surface area contributed by atoms with Gasteiger partial charge in [0.15, 0.2) is 11.5 Å². The van der Waals surface area contributed by atoms with Crippen LogP contribution in [0.5, 0.6) is 17.2 Å². The molecule has 4 heterocycles. The number of carbonyl (C=O) groups excluding carboxylic acids is 3. The molecule has 10 heteroatoms. The molecular weight excluding hydrogens is 759 g/mol. The van der Waals surface area contributed by atoms with Gasteiger partial charge in [-0.3, -0.25) is 14.4 Å². The lowest BCUT2D eigenvalue weighted by molar-refractivity contribution is -0.116. The number of amides is 3. The van der Waals surface area contributed by atoms with Crippen molar-refractivity contribution >= 4 is 47.4 Å². The van der Waals surface area contributed by atoms with E-state index >= 15 is 0 Å². The third-order valence-electron chi connectivity index (χ3n) is 12.2. The molecule has 5 aromatic rings. The molecule has 302 valence electrons. The fourth-order valence-electron chi connectivity index (χ4n) is 9.30. The van der Waals surface area contributed by atoms with Gasteiger partial charge in [-0.25, -0.2) is 0 Å². The third kappa shape index (κ3) is 7.66. The van der Waals surface area contributed by atoms with E-state index < -0.39 is 0 Å². The van der Waals surface area contributed by atoms with Crippen LogP contribution in [-0.2, 0) is 43.7 Å². The smallest absolute Gasteiger partial charge is 0.258 e. The first-order chi connectivity index (χ1) is 28.6. The minimum atomic E-state index is -0.0922. The van der Waals surface area contributed by atoms with Crippen molar-refractivity contribution in [3.63, 3.8) is 0 Å². The highest BCUT2D eigenvalue weighted by Crippen LogP contribution is 2.42. The van der Waals surface area contributed by atoms with Crippen molar-refractivity contribution in [3.8, 4) is 17.2 Å². The summed E-state index contributed by atoms with van der Waals surface area (Å²) in [4.78, 5) is 44.9. The fraction of sp³-hybridized carbons (Fsp3) is 0.327. The number of nitrogens with one attached hydrogen (secondary N) is 1. The van der Waals surface area contributed by atoms with Crippen LogP contribution < -0.4 is 29.3 Å². The Labute approximate surface area is 351 Å². The van der Waals surface area contributed by atoms with Crippen molar-refractivity contribution < 1.29 is 28.6 Å². The SMILES string of the molecule is COc1cc2c(cc1OCc1cc(COc3cc4c(cc3C)C(=O)N3c5ccccc5C[C@H]3CC4)cc(NC(=O)CCC(C)S)c1)CC[C@@H]1Cc3ccccc3N1C2=O. The Hall–Kier alpha value is -5.74. The Balaban J connectivity index is 0.951. The number of para-hydroxylation sites is 2. The maximum absolute atomic E-state index is 14.0. The topological polar surface area (TPSA) is 97.4 Å². The van der Waals surface area contributed by atoms with Crippen molar-refractivity contribution in [2.75, 3.05) is 22.2 Å². The molecule has 0 aromatic heterocycles. The van der Waals surface area contributed by atoms with E-state index in [2.05, 4.69) is 30.1 Å². The minimum absolute atomic E-state index is 0.0138. The number of methoxy groups -OCH3 is 1. The predicted molar refractivity (Wildman–Crippen MR) is 234 cm³/mol. The zero-order valence-corrected chi connectivity index (χ0v) is 34.6. The van der Waals surface area contributed by atoms with E-state index in [1.54, 1.807) is 7.11 Å². The summed E-state index contributed by atoms with van der Waals surface area (Å²) < 4.78 is 18.8. The van der Waals surface area contributed by atoms with E-state index in [1.807, 2.05) is 103 Å². The van der Waals surface area contributed by atoms with Crippen LogP contribution in [0.1, 0.15) is 92.3 Å². The molecule has 0 bridgehead atoms. The summed E-state index contributed by atoms with van der Waals surface area (Å²) in [5.74, 6) is 1.70. The molecule has 3 atom stereocenters. The van der Waals surface area contributed by atoms with Crippen molar-refractivity contribution in [3.05, 3.63) is 141 Å². The van der Waals surface area contributed by atoms with Gasteiger partial charge in [-0.2, -0.15) is 12.6 Å². The van der Waals surface area contributed by atoms with E-state index in [9.17, 15) is 14.4 Å². The number of aryl methyl sites for hydroxylation is 3. The van der Waals surface area contributed by atoms with E-state index in [4.69, 9.17) is 14.2 Å². The molecule has 0 aliphatic carbocycles. The summed E-state index contributed by atoms with van der Waals surface area (Å²) in [5, 5.41) is 3.18. The minimum Gasteiger partial charge on any atom is -0.493 e. The maximum Gasteiger partial charge on any atom is 0.258 e. The maximum atomic E-state index is 14.0. The number of ether oxygens (including phenoxy) is 3. The van der Waals surface area contributed by atoms with Crippen LogP contribution in [0.3, 0.4) is 0 Å². The molecule has 0 fully saturated rings. The molecule has 3 amide bonds. The molecule has 59 heavy (non-hydrogen) atoms. The molecule has 0 radical (unpaired) electrons. The van der Waals surface area contributed by atoms with Crippen LogP contribution in [0.25, 0.3) is 0 Å². The number of anilines is 3. The van der Waals surface area contributed by atoms with Crippen molar-refractivity contribution in [2.24, 2.45) is 0 Å². The van der Waals surface area contributed by atoms with Crippen LogP contribution in [0.15, 0.2) is 91.0 Å². The average molecular weight is 808 g/mol. The lowest BCUT2D eigenvalue weighted by atomic mass is 9.98. The van der Waals surface area contributed by atoms with Gasteiger partial charge in [-0.1, -0.05) is 43.3 Å². The lowest BCUT2D eigenvalue weighted by Gasteiger charge is -2.23. The largest absolute Gasteiger partial charge is 0.493 e. The molecule has 0 saturated carbocycles. The Morgan fingerprint density at radius 1 is 0.729 bits per heavy atom. The predicted octanol–water partition coefficient (Wildman–Crippen LogP) is 9.23. The number of thiol groups is 1. The van der Waals surface area contributed by atoms with Crippen LogP contribution in [0, 0.1) is 6.92 Å². The van der Waals surface area contributed by atoms with Gasteiger partial charge in [0.05, 0.1) is 7.11 Å². The van der Waals surface area contributed by atoms with Crippen LogP contribution >= 0.6 is 12.6 Å². The van der Waals surface area contributed by atoms with Gasteiger partial charge in [0.25, 0.3) is 11.8 Å². The fourth-order valence-corrected chi connectivity index (χ4v) is 9.43. The summed E-state index contributed by atoms with van der Waals surface area (Å²) in [5.41, 5.74) is 11.0. The van der Waals surface area contributed by atoms with Crippen LogP contribution in [0.2, 0.25) is 0 Å². The monoisotopic (exact) mass is 807 g/mol. The Morgan fingerprint density at radius 3 is 1.85 bits per heavy atom. The van der Waals surface area contributed by atoms with Crippen LogP contribution in [0.4, 0.5) is 17.1 Å². The van der Waals surface area contributed by atoms with Crippen LogP contribution in [-0.4, -0.2) is 42.2 Å². The van der Waals surface area contributed by atoms with Gasteiger partial charge >= 0.3 is 0 Å². The first-order valence-corrected chi connectivity index (χ1v) is 21.2. The lowest BCUT2D eigenvalue weighted by Crippen LogP contribution is -2.36. The second-order valence-corrected chi connectivity index (χ2v) is 17.3. The third-order valence-corrected chi connectivity index (χ3v) is 12.5. The normalized spacial score (nSPS) is 18.0. The number of nitrogens with zero attached hydrogens (tertiary/aromatic N) is 2. The Morgan fingerprint density at radius 2 is 1.27 bits per heavy atom. The Kier molecular flexibility index (Phi) is 10.6. The molecule has 4 aliphatic heterocycles. The second-order valence-electron chi connectivity index (χ2n) is 16.4. The highest BCUT2D eigenvalue weighted by atomic mass is 32.1. The molecule has 5 aromatic carbocycles. The van der Waals surface area contributed by atoms with Gasteiger partial charge in [-0.15, -0.1) is 0 Å². The van der Waals surface area contributed by atoms with Gasteiger partial charge in [0.1, 0.15) is 19.0 Å². The average Bonchev–Trinajstić information content (AvgIpc) is 3.73. The zero-order valence-electron chi connectivity index (χ0n) is 33.8. The number of fused-ring (bicyclic) bond motifs is 8. The number of carbonyl (C=O) groups is 3. The molecular formula is C49H49N3O6S. The number of rotatable bonds is 11. The van der Waals surface area contributed by atoms with Crippen molar-refractivity contribution in [2.45, 2.75) is 95.8 Å². The molecule has 1 N–H and O–H groups in total. The number of hydrogen-bond donors (Lipinski definition) is 2. The van der Waals surface area contributed by atoms with E-state index in [0.29, 0.717) is 35.6 Å². The highest BCUT2D eigenvalue weighted by Gasteiger charge is 2.39. The molecule has 9 rings (SSSR count). The number of benzene rings is 5. The summed E-state index contributed by atoms with van der Waals surface area (Å²) in [7, 11) is 1.59. The second kappa shape index (κ2) is 16.1. The van der Waals surface area contributed by atoms with Gasteiger partial charge in [0, 0.05) is 46.7 Å². The molecule has 9 nitrogen and oxygen atoms in total. The van der Waals surface area contributed by atoms with Crippen molar-refractivity contribution in [1.82, 2.24) is 0 Å². The first-order valence-electron chi connectivity index (χ1n) is 20.7. The standard InChI is InChI=1S/C49H49N3O6S/c1-29-18-40-33(13-15-38-22-35-8-4-6-10-42(35)51(38)48(40)54)24-44(29)57-27-31-19-32(21-37(20-31)50-47(53)17-12-30(2)59)28-58-46-25-34-14-16-39-23-36-9-5-7-11-43(36)52(39)49(55)41(34)26-45(46)56-3/h4-11,18-21,24-26,30,38-39,59H,12-17,22-23,27-28H2,1-3H3,(H,50,53)/t30?,38-,39-/m1/s1. The van der Waals surface area contributed by atoms with E-state index in [1.165, 1.54) is 11.1 Å². The quantitative estimate of drug-likeness (QED) is 0.129. The van der Waals surface area contributed by atoms with Crippen molar-refractivity contribution in [1.29, 1.82) is 0 Å². The molecule has 1 unspecified atom stereocenters. The van der Waals surface area contributed by atoms with Gasteiger partial charge in [0.2, 0.25) is 5.91 Å². The summed E-state index contributed by atoms with van der Waals surface area (Å²) in [6, 6.07) is 30.3. The molecule has 4 aliphatic rings. The molecule has 0 saturated heterocycles. The first kappa shape index (κ1) is 38.8. The van der Waals surface area contributed by atoms with E-state index in [-0.39, 0.29) is 48.3 Å². The van der Waals surface area contributed by atoms with Gasteiger partial charge < -0.3 is 29.3 Å². The number of hydrogen-bond acceptors (Lipinski definition) is 7. The summed E-state index contributed by atoms with van der Waals surface area (Å²) in [6.07, 6.45) is 5.99. The highest BCUT2D eigenvalue weighted by molar-refractivity contribution is 7.80. The summed E-state index contributed by atoms with van der Waals surface area (Å²) in [6.45, 7) is 4.38. The molecule has 0 spiro atoms.